The summed E-state index contributed by atoms with van der Waals surface area (Å²) >= 11 is 0. The molecule has 0 unspecified atom stereocenters. The summed E-state index contributed by atoms with van der Waals surface area (Å²) in [5.74, 6) is -3.40. The number of ether oxygens (including phenoxy) is 3. The molecule has 0 saturated heterocycles. The maximum Gasteiger partial charge on any atom is 3.00 e. The number of rotatable bonds is 27. The minimum Gasteiger partial charge on any atom is -0.548 e. The summed E-state index contributed by atoms with van der Waals surface area (Å²) in [6, 6.07) is 0. The molecule has 0 aromatic rings. The molecule has 0 aliphatic carbocycles. The number of carbonyl (C=O) groups is 3. The predicted molar refractivity (Wildman–Crippen MR) is 153 cm³/mol. The van der Waals surface area contributed by atoms with E-state index < -0.39 is 17.9 Å². The second-order valence-electron chi connectivity index (χ2n) is 9.58. The fraction of sp³-hybridized carbons (Fsp3) is 0.900. The second kappa shape index (κ2) is 42.6. The third-order valence-electron chi connectivity index (χ3n) is 5.59. The van der Waals surface area contributed by atoms with Gasteiger partial charge < -0.3 is 43.9 Å². The summed E-state index contributed by atoms with van der Waals surface area (Å²) in [5.41, 5.74) is 0. The average molecular weight is 771 g/mol. The van der Waals surface area contributed by atoms with E-state index in [1.807, 2.05) is 0 Å². The van der Waals surface area contributed by atoms with E-state index in [1.54, 1.807) is 0 Å². The van der Waals surface area contributed by atoms with Crippen LogP contribution in [-0.4, -0.2) is 83.8 Å². The van der Waals surface area contributed by atoms with Gasteiger partial charge in [0.15, 0.2) is 0 Å². The Morgan fingerprint density at radius 3 is 0.800 bits per heavy atom. The molecule has 0 heterocycles. The molecule has 0 rings (SSSR count). The van der Waals surface area contributed by atoms with E-state index in [1.165, 1.54) is 77.0 Å². The van der Waals surface area contributed by atoms with Gasteiger partial charge in [0.05, 0.1) is 37.7 Å². The summed E-state index contributed by atoms with van der Waals surface area (Å²) < 4.78 is 14.5. The van der Waals surface area contributed by atoms with Gasteiger partial charge in [-0.25, -0.2) is 0 Å². The number of hydrogen-bond donors (Lipinski definition) is 0. The minimum absolute atomic E-state index is 0. The molecule has 10 heteroatoms. The zero-order chi connectivity index (χ0) is 29.8. The molecular weight excluding hydrogens is 713 g/mol. The molecule has 0 aromatic carbocycles. The first-order chi connectivity index (χ1) is 18.8. The van der Waals surface area contributed by atoms with Crippen LogP contribution in [0.3, 0.4) is 0 Å². The number of carbonyl (C=O) groups excluding carboxylic acids is 3. The Balaban J connectivity index is -0.000000240. The fourth-order valence-electron chi connectivity index (χ4n) is 3.42. The van der Waals surface area contributed by atoms with Gasteiger partial charge in [-0.3, -0.25) is 0 Å². The van der Waals surface area contributed by atoms with E-state index in [2.05, 4.69) is 20.8 Å². The fourth-order valence-corrected chi connectivity index (χ4v) is 3.42. The molecule has 40 heavy (non-hydrogen) atoms. The molecule has 2 radical (unpaired) electrons. The van der Waals surface area contributed by atoms with Crippen LogP contribution in [0.2, 0.25) is 0 Å². The van der Waals surface area contributed by atoms with E-state index in [4.69, 9.17) is 14.2 Å². The Hall–Kier alpha value is -0.827. The van der Waals surface area contributed by atoms with E-state index in [0.717, 1.165) is 38.5 Å². The van der Waals surface area contributed by atoms with Crippen molar-refractivity contribution < 1.29 is 43.9 Å². The Labute approximate surface area is 263 Å². The molecule has 9 nitrogen and oxygen atoms in total. The standard InChI is InChI=1S/3C10H20O3.Bi/c3*1-2-3-4-5-6-7-8-13-9-10(11)12;/h3*2-9H2,1H3,(H,11,12);/q;;;+3/p-3. The molecule has 236 valence electrons. The third-order valence-corrected chi connectivity index (χ3v) is 5.59. The van der Waals surface area contributed by atoms with Gasteiger partial charge in [0.2, 0.25) is 0 Å². The number of unbranched alkanes of at least 4 members (excludes halogenated alkanes) is 15. The van der Waals surface area contributed by atoms with Crippen molar-refractivity contribution in [1.29, 1.82) is 0 Å². The van der Waals surface area contributed by atoms with Gasteiger partial charge in [-0.05, 0) is 19.3 Å². The van der Waals surface area contributed by atoms with Crippen molar-refractivity contribution in [2.75, 3.05) is 39.6 Å². The smallest absolute Gasteiger partial charge is 0.548 e. The number of aliphatic carboxylic acids is 3. The summed E-state index contributed by atoms with van der Waals surface area (Å²) in [6.07, 6.45) is 21.4. The molecule has 0 saturated carbocycles. The SMILES string of the molecule is CCCCCCCCOCC(=O)[O-].CCCCCCCCOCC(=O)[O-].CCCCCCCCOCC(=O)[O-].[Bi+3]. The quantitative estimate of drug-likeness (QED) is 0.0909. The predicted octanol–water partition coefficient (Wildman–Crippen LogP) is 2.96. The number of hydrogen-bond acceptors (Lipinski definition) is 9. The number of carboxylic acid groups (broad SMARTS) is 3. The first kappa shape index (κ1) is 46.1. The molecule has 0 fully saturated rings. The van der Waals surface area contributed by atoms with Crippen molar-refractivity contribution >= 4 is 44.1 Å². The molecule has 0 aromatic heterocycles. The van der Waals surface area contributed by atoms with E-state index >= 15 is 0 Å². The van der Waals surface area contributed by atoms with Crippen LogP contribution in [0.4, 0.5) is 0 Å². The number of carboxylic acids is 3. The van der Waals surface area contributed by atoms with Crippen molar-refractivity contribution in [1.82, 2.24) is 0 Å². The molecule has 0 atom stereocenters. The maximum absolute atomic E-state index is 9.94. The summed E-state index contributed by atoms with van der Waals surface area (Å²) in [4.78, 5) is 29.8. The van der Waals surface area contributed by atoms with Crippen LogP contribution in [0.15, 0.2) is 0 Å². The Morgan fingerprint density at radius 1 is 0.400 bits per heavy atom. The van der Waals surface area contributed by atoms with Gasteiger partial charge in [0, 0.05) is 19.8 Å². The van der Waals surface area contributed by atoms with Gasteiger partial charge in [-0.2, -0.15) is 0 Å². The second-order valence-corrected chi connectivity index (χ2v) is 9.58. The van der Waals surface area contributed by atoms with Crippen LogP contribution in [0.1, 0.15) is 136 Å². The zero-order valence-corrected chi connectivity index (χ0v) is 29.1. The molecule has 0 aliphatic heterocycles. The largest absolute Gasteiger partial charge is 3.00 e. The van der Waals surface area contributed by atoms with Gasteiger partial charge >= 0.3 is 26.2 Å². The van der Waals surface area contributed by atoms with Crippen LogP contribution in [0, 0.1) is 0 Å². The van der Waals surface area contributed by atoms with E-state index in [9.17, 15) is 29.7 Å². The van der Waals surface area contributed by atoms with Gasteiger partial charge in [-0.1, -0.05) is 117 Å². The van der Waals surface area contributed by atoms with E-state index in [0.29, 0.717) is 19.8 Å². The van der Waals surface area contributed by atoms with Crippen molar-refractivity contribution in [3.8, 4) is 0 Å². The summed E-state index contributed by atoms with van der Waals surface area (Å²) in [5, 5.41) is 29.8. The zero-order valence-electron chi connectivity index (χ0n) is 25.6. The molecule has 0 spiro atoms. The van der Waals surface area contributed by atoms with Crippen molar-refractivity contribution in [3.63, 3.8) is 0 Å². The van der Waals surface area contributed by atoms with Gasteiger partial charge in [0.25, 0.3) is 0 Å². The van der Waals surface area contributed by atoms with Crippen molar-refractivity contribution in [2.24, 2.45) is 0 Å². The Kier molecular flexibility index (Phi) is 49.2. The third kappa shape index (κ3) is 57.2. The van der Waals surface area contributed by atoms with Gasteiger partial charge in [-0.15, -0.1) is 0 Å². The van der Waals surface area contributed by atoms with Gasteiger partial charge in [0.1, 0.15) is 0 Å². The minimum atomic E-state index is -1.13. The van der Waals surface area contributed by atoms with Crippen molar-refractivity contribution in [3.05, 3.63) is 0 Å². The first-order valence-electron chi connectivity index (χ1n) is 15.1. The molecule has 0 bridgehead atoms. The first-order valence-corrected chi connectivity index (χ1v) is 15.1. The van der Waals surface area contributed by atoms with Crippen LogP contribution in [-0.2, 0) is 28.6 Å². The Bertz CT molecular complexity index is 448. The summed E-state index contributed by atoms with van der Waals surface area (Å²) in [7, 11) is 0. The monoisotopic (exact) mass is 770 g/mol. The summed E-state index contributed by atoms with van der Waals surface area (Å²) in [6.45, 7) is 7.37. The van der Waals surface area contributed by atoms with Crippen LogP contribution in [0.25, 0.3) is 0 Å². The average Bonchev–Trinajstić information content (AvgIpc) is 2.89. The normalized spacial score (nSPS) is 9.97. The van der Waals surface area contributed by atoms with Crippen LogP contribution < -0.4 is 15.3 Å². The molecular formula is C30H57BiO9. The molecule has 0 aliphatic rings. The Morgan fingerprint density at radius 2 is 0.600 bits per heavy atom. The van der Waals surface area contributed by atoms with E-state index in [-0.39, 0.29) is 46.0 Å². The van der Waals surface area contributed by atoms with Crippen LogP contribution in [0.5, 0.6) is 0 Å². The molecule has 0 amide bonds. The molecule has 0 N–H and O–H groups in total. The topological polar surface area (TPSA) is 148 Å². The van der Waals surface area contributed by atoms with Crippen LogP contribution >= 0.6 is 0 Å². The van der Waals surface area contributed by atoms with Crippen molar-refractivity contribution in [2.45, 2.75) is 136 Å². The maximum atomic E-state index is 9.94.